The van der Waals surface area contributed by atoms with Crippen LogP contribution in [0.3, 0.4) is 0 Å². The molecule has 5 amide bonds. The molecule has 2 aromatic rings. The van der Waals surface area contributed by atoms with Gasteiger partial charge in [-0.2, -0.15) is 13.4 Å². The second-order valence-electron chi connectivity index (χ2n) is 7.72. The zero-order valence-electron chi connectivity index (χ0n) is 17.7. The summed E-state index contributed by atoms with van der Waals surface area (Å²) in [5.74, 6) is -1.76. The maximum atomic E-state index is 12.8. The zero-order chi connectivity index (χ0) is 23.8. The summed E-state index contributed by atoms with van der Waals surface area (Å²) in [5, 5.41) is 3.76. The van der Waals surface area contributed by atoms with Gasteiger partial charge in [-0.25, -0.2) is 9.80 Å². The normalized spacial score (nSPS) is 16.3. The third-order valence-electron chi connectivity index (χ3n) is 5.36. The predicted molar refractivity (Wildman–Crippen MR) is 114 cm³/mol. The van der Waals surface area contributed by atoms with Crippen LogP contribution in [-0.2, 0) is 25.5 Å². The highest BCUT2D eigenvalue weighted by molar-refractivity contribution is 7.86. The Kier molecular flexibility index (Phi) is 6.00. The molecule has 0 atom stereocenters. The van der Waals surface area contributed by atoms with Crippen LogP contribution in [0.4, 0.5) is 4.79 Å². The molecule has 2 aliphatic rings. The molecule has 0 saturated carbocycles. The van der Waals surface area contributed by atoms with Crippen molar-refractivity contribution in [2.45, 2.75) is 31.1 Å². The van der Waals surface area contributed by atoms with E-state index in [-0.39, 0.29) is 35.6 Å². The molecule has 2 heterocycles. The SMILES string of the molecule is Cc1ccc(S(=O)(=O)OCCCc2ccc3c(c2)C(=O)N(N2CCC(=O)NC2=O)C3=O)cc1. The Morgan fingerprint density at radius 2 is 1.67 bits per heavy atom. The van der Waals surface area contributed by atoms with Gasteiger partial charge in [0.25, 0.3) is 21.9 Å². The second-order valence-corrected chi connectivity index (χ2v) is 9.34. The molecule has 33 heavy (non-hydrogen) atoms. The number of amides is 5. The number of hydrogen-bond acceptors (Lipinski definition) is 7. The van der Waals surface area contributed by atoms with E-state index in [9.17, 15) is 27.6 Å². The molecule has 0 unspecified atom stereocenters. The fourth-order valence-corrected chi connectivity index (χ4v) is 4.56. The highest BCUT2D eigenvalue weighted by Crippen LogP contribution is 2.27. The number of carbonyl (C=O) groups excluding carboxylic acids is 4. The topological polar surface area (TPSA) is 130 Å². The molecule has 11 heteroatoms. The summed E-state index contributed by atoms with van der Waals surface area (Å²) >= 11 is 0. The Hall–Kier alpha value is -3.57. The average Bonchev–Trinajstić information content (AvgIpc) is 3.02. The van der Waals surface area contributed by atoms with E-state index in [2.05, 4.69) is 5.32 Å². The molecule has 0 bridgehead atoms. The van der Waals surface area contributed by atoms with Crippen LogP contribution in [-0.4, -0.2) is 55.3 Å². The minimum absolute atomic E-state index is 0.0180. The molecular formula is C22H21N3O7S. The number of benzene rings is 2. The van der Waals surface area contributed by atoms with E-state index in [1.165, 1.54) is 18.2 Å². The summed E-state index contributed by atoms with van der Waals surface area (Å²) in [6.07, 6.45) is 0.763. The Morgan fingerprint density at radius 1 is 0.970 bits per heavy atom. The monoisotopic (exact) mass is 471 g/mol. The van der Waals surface area contributed by atoms with Crippen molar-refractivity contribution in [3.8, 4) is 0 Å². The van der Waals surface area contributed by atoms with Gasteiger partial charge in [-0.3, -0.25) is 23.9 Å². The number of carbonyl (C=O) groups is 4. The third-order valence-corrected chi connectivity index (χ3v) is 6.69. The number of urea groups is 1. The van der Waals surface area contributed by atoms with E-state index in [1.807, 2.05) is 6.92 Å². The quantitative estimate of drug-likeness (QED) is 0.370. The Balaban J connectivity index is 1.39. The lowest BCUT2D eigenvalue weighted by Crippen LogP contribution is -2.58. The highest BCUT2D eigenvalue weighted by atomic mass is 32.2. The van der Waals surface area contributed by atoms with Gasteiger partial charge in [-0.15, -0.1) is 0 Å². The molecule has 0 aliphatic carbocycles. The van der Waals surface area contributed by atoms with Crippen LogP contribution in [0, 0.1) is 6.92 Å². The lowest BCUT2D eigenvalue weighted by molar-refractivity contribution is -0.122. The van der Waals surface area contributed by atoms with Gasteiger partial charge in [0.15, 0.2) is 0 Å². The van der Waals surface area contributed by atoms with E-state index < -0.39 is 33.9 Å². The zero-order valence-corrected chi connectivity index (χ0v) is 18.6. The molecule has 0 spiro atoms. The lowest BCUT2D eigenvalue weighted by atomic mass is 10.0. The van der Waals surface area contributed by atoms with Gasteiger partial charge in [0.1, 0.15) is 0 Å². The van der Waals surface area contributed by atoms with Crippen molar-refractivity contribution >= 4 is 33.9 Å². The van der Waals surface area contributed by atoms with E-state index >= 15 is 0 Å². The van der Waals surface area contributed by atoms with Gasteiger partial charge in [0.05, 0.1) is 29.2 Å². The van der Waals surface area contributed by atoms with Crippen LogP contribution < -0.4 is 5.32 Å². The number of nitrogens with zero attached hydrogens (tertiary/aromatic N) is 2. The number of imide groups is 2. The first-order valence-corrected chi connectivity index (χ1v) is 11.7. The highest BCUT2D eigenvalue weighted by Gasteiger charge is 2.43. The molecule has 2 aliphatic heterocycles. The van der Waals surface area contributed by atoms with Crippen molar-refractivity contribution in [3.63, 3.8) is 0 Å². The summed E-state index contributed by atoms with van der Waals surface area (Å²) in [6.45, 7) is 1.73. The maximum Gasteiger partial charge on any atom is 0.343 e. The molecule has 1 fully saturated rings. The van der Waals surface area contributed by atoms with Crippen molar-refractivity contribution in [1.82, 2.24) is 15.3 Å². The Morgan fingerprint density at radius 3 is 2.36 bits per heavy atom. The van der Waals surface area contributed by atoms with Crippen LogP contribution in [0.2, 0.25) is 0 Å². The average molecular weight is 471 g/mol. The maximum absolute atomic E-state index is 12.8. The minimum Gasteiger partial charge on any atom is -0.276 e. The van der Waals surface area contributed by atoms with Crippen molar-refractivity contribution in [1.29, 1.82) is 0 Å². The van der Waals surface area contributed by atoms with Gasteiger partial charge < -0.3 is 0 Å². The molecule has 0 radical (unpaired) electrons. The molecular weight excluding hydrogens is 450 g/mol. The standard InChI is InChI=1S/C22H21N3O7S/c1-14-4-7-16(8-5-14)33(30,31)32-12-2-3-15-6-9-17-18(13-15)21(28)25(20(17)27)24-11-10-19(26)23-22(24)29/h4-9,13H,2-3,10-12H2,1H3,(H,23,26,29). The van der Waals surface area contributed by atoms with Gasteiger partial charge >= 0.3 is 6.03 Å². The molecule has 4 rings (SSSR count). The van der Waals surface area contributed by atoms with Gasteiger partial charge in [0, 0.05) is 6.42 Å². The molecule has 1 N–H and O–H groups in total. The van der Waals surface area contributed by atoms with Crippen LogP contribution >= 0.6 is 0 Å². The van der Waals surface area contributed by atoms with Crippen molar-refractivity contribution in [2.75, 3.05) is 13.2 Å². The van der Waals surface area contributed by atoms with Gasteiger partial charge in [-0.1, -0.05) is 23.8 Å². The first-order chi connectivity index (χ1) is 15.7. The van der Waals surface area contributed by atoms with E-state index in [0.29, 0.717) is 18.4 Å². The summed E-state index contributed by atoms with van der Waals surface area (Å²) < 4.78 is 29.6. The largest absolute Gasteiger partial charge is 0.343 e. The molecule has 0 aromatic heterocycles. The minimum atomic E-state index is -3.86. The van der Waals surface area contributed by atoms with Crippen molar-refractivity contribution in [2.24, 2.45) is 0 Å². The predicted octanol–water partition coefficient (Wildman–Crippen LogP) is 1.79. The summed E-state index contributed by atoms with van der Waals surface area (Å²) in [5.41, 5.74) is 1.96. The lowest BCUT2D eigenvalue weighted by Gasteiger charge is -2.32. The number of nitrogens with one attached hydrogen (secondary N) is 1. The molecule has 1 saturated heterocycles. The second kappa shape index (κ2) is 8.75. The van der Waals surface area contributed by atoms with E-state index in [0.717, 1.165) is 15.6 Å². The number of hydrogen-bond donors (Lipinski definition) is 1. The van der Waals surface area contributed by atoms with Crippen LogP contribution in [0.1, 0.15) is 44.7 Å². The van der Waals surface area contributed by atoms with E-state index in [4.69, 9.17) is 4.18 Å². The Bertz CT molecular complexity index is 1260. The van der Waals surface area contributed by atoms with Crippen molar-refractivity contribution in [3.05, 3.63) is 64.7 Å². The van der Waals surface area contributed by atoms with Crippen LogP contribution in [0.15, 0.2) is 47.4 Å². The van der Waals surface area contributed by atoms with Crippen LogP contribution in [0.25, 0.3) is 0 Å². The van der Waals surface area contributed by atoms with Crippen LogP contribution in [0.5, 0.6) is 0 Å². The summed E-state index contributed by atoms with van der Waals surface area (Å²) in [4.78, 5) is 49.0. The fourth-order valence-electron chi connectivity index (χ4n) is 3.61. The van der Waals surface area contributed by atoms with Gasteiger partial charge in [0.2, 0.25) is 5.91 Å². The number of fused-ring (bicyclic) bond motifs is 1. The van der Waals surface area contributed by atoms with Crippen molar-refractivity contribution < 1.29 is 31.8 Å². The smallest absolute Gasteiger partial charge is 0.276 e. The third kappa shape index (κ3) is 4.50. The Labute approximate surface area is 190 Å². The summed E-state index contributed by atoms with van der Waals surface area (Å²) in [6, 6.07) is 10.2. The first-order valence-electron chi connectivity index (χ1n) is 10.3. The first kappa shape index (κ1) is 22.6. The fraction of sp³-hybridized carbons (Fsp3) is 0.273. The molecule has 2 aromatic carbocycles. The summed E-state index contributed by atoms with van der Waals surface area (Å²) in [7, 11) is -3.86. The van der Waals surface area contributed by atoms with Gasteiger partial charge in [-0.05, 0) is 49.6 Å². The molecule has 172 valence electrons. The van der Waals surface area contributed by atoms with E-state index in [1.54, 1.807) is 24.3 Å². The number of aryl methyl sites for hydroxylation is 2. The number of hydrazine groups is 1. The number of rotatable bonds is 7. The molecule has 10 nitrogen and oxygen atoms in total.